The molecule has 0 bridgehead atoms. The normalized spacial score (nSPS) is 14.8. The lowest BCUT2D eigenvalue weighted by atomic mass is 10.2. The Kier molecular flexibility index (Phi) is 6.71. The van der Waals surface area contributed by atoms with Crippen LogP contribution >= 0.6 is 0 Å². The van der Waals surface area contributed by atoms with Crippen LogP contribution in [0.4, 0.5) is 0 Å². The Balaban J connectivity index is 1.57. The van der Waals surface area contributed by atoms with E-state index in [4.69, 9.17) is 9.47 Å². The molecule has 104 valence electrons. The molecule has 1 aliphatic heterocycles. The molecule has 1 aliphatic rings. The van der Waals surface area contributed by atoms with Gasteiger partial charge in [0.05, 0.1) is 13.2 Å². The van der Waals surface area contributed by atoms with Crippen LogP contribution in [0.25, 0.3) is 0 Å². The molecule has 20 heavy (non-hydrogen) atoms. The lowest BCUT2D eigenvalue weighted by Crippen LogP contribution is -3.14. The lowest BCUT2D eigenvalue weighted by molar-refractivity contribution is -0.900. The number of rotatable bonds is 3. The second-order valence-corrected chi connectivity index (χ2v) is 4.55. The van der Waals surface area contributed by atoms with Crippen LogP contribution in [0.2, 0.25) is 0 Å². The Hall–Kier alpha value is -1.78. The molecule has 1 N–H and O–H groups in total. The van der Waals surface area contributed by atoms with Gasteiger partial charge in [-0.2, -0.15) is 0 Å². The van der Waals surface area contributed by atoms with Crippen molar-refractivity contribution in [2.24, 2.45) is 0 Å². The average molecular weight is 270 g/mol. The summed E-state index contributed by atoms with van der Waals surface area (Å²) in [5, 5.41) is 0. The van der Waals surface area contributed by atoms with Gasteiger partial charge in [-0.25, -0.2) is 0 Å². The Labute approximate surface area is 120 Å². The van der Waals surface area contributed by atoms with E-state index in [1.807, 2.05) is 30.3 Å². The van der Waals surface area contributed by atoms with E-state index in [2.05, 4.69) is 23.7 Å². The monoisotopic (exact) mass is 270 g/mol. The third kappa shape index (κ3) is 5.91. The molecule has 0 amide bonds. The molecular formula is C17H20NO2+. The van der Waals surface area contributed by atoms with E-state index in [1.54, 1.807) is 0 Å². The van der Waals surface area contributed by atoms with Crippen molar-refractivity contribution in [2.45, 2.75) is 0 Å². The maximum absolute atomic E-state index is 5.36. The molecule has 3 heteroatoms. The van der Waals surface area contributed by atoms with E-state index >= 15 is 0 Å². The zero-order valence-electron chi connectivity index (χ0n) is 11.7. The third-order valence-electron chi connectivity index (χ3n) is 3.02. The van der Waals surface area contributed by atoms with Gasteiger partial charge in [0.15, 0.2) is 0 Å². The maximum Gasteiger partial charge on any atom is 0.139 e. The minimum Gasteiger partial charge on any atom is -0.370 e. The first-order valence-electron chi connectivity index (χ1n) is 6.94. The summed E-state index contributed by atoms with van der Waals surface area (Å²) in [6.07, 6.45) is 0. The van der Waals surface area contributed by atoms with E-state index in [1.165, 1.54) is 4.90 Å². The Morgan fingerprint density at radius 1 is 1.00 bits per heavy atom. The zero-order chi connectivity index (χ0) is 13.9. The van der Waals surface area contributed by atoms with Crippen LogP contribution in [0.15, 0.2) is 30.3 Å². The SMILES string of the molecule is C(#CC[NH+]1CCOCC1)COCC#Cc1ccccc1. The topological polar surface area (TPSA) is 22.9 Å². The maximum atomic E-state index is 5.36. The minimum absolute atomic E-state index is 0.425. The Morgan fingerprint density at radius 3 is 2.55 bits per heavy atom. The molecule has 0 saturated carbocycles. The van der Waals surface area contributed by atoms with Crippen LogP contribution in [0.3, 0.4) is 0 Å². The van der Waals surface area contributed by atoms with Crippen LogP contribution < -0.4 is 4.90 Å². The van der Waals surface area contributed by atoms with Crippen molar-refractivity contribution in [2.75, 3.05) is 46.1 Å². The summed E-state index contributed by atoms with van der Waals surface area (Å²) in [7, 11) is 0. The van der Waals surface area contributed by atoms with Gasteiger partial charge in [0.2, 0.25) is 0 Å². The van der Waals surface area contributed by atoms with Gasteiger partial charge in [-0.1, -0.05) is 36.0 Å². The molecule has 1 saturated heterocycles. The van der Waals surface area contributed by atoms with Crippen molar-refractivity contribution in [3.8, 4) is 23.7 Å². The first kappa shape index (κ1) is 14.6. The molecule has 0 unspecified atom stereocenters. The summed E-state index contributed by atoms with van der Waals surface area (Å²) >= 11 is 0. The summed E-state index contributed by atoms with van der Waals surface area (Å²) in [5.41, 5.74) is 1.01. The first-order valence-corrected chi connectivity index (χ1v) is 6.94. The number of ether oxygens (including phenoxy) is 2. The number of morpholine rings is 1. The molecule has 1 aromatic rings. The summed E-state index contributed by atoms with van der Waals surface area (Å²) in [4.78, 5) is 1.49. The molecule has 0 aromatic heterocycles. The molecule has 1 heterocycles. The number of nitrogens with one attached hydrogen (secondary N) is 1. The number of hydrogen-bond donors (Lipinski definition) is 1. The number of quaternary nitrogens is 1. The fourth-order valence-corrected chi connectivity index (χ4v) is 1.89. The number of benzene rings is 1. The highest BCUT2D eigenvalue weighted by Crippen LogP contribution is 1.94. The predicted octanol–water partition coefficient (Wildman–Crippen LogP) is -0.0268. The molecule has 3 nitrogen and oxygen atoms in total. The minimum atomic E-state index is 0.425. The van der Waals surface area contributed by atoms with Crippen LogP contribution in [0.1, 0.15) is 5.56 Å². The van der Waals surface area contributed by atoms with Gasteiger partial charge in [-0.15, -0.1) is 0 Å². The number of hydrogen-bond acceptors (Lipinski definition) is 2. The highest BCUT2D eigenvalue weighted by atomic mass is 16.5. The highest BCUT2D eigenvalue weighted by Gasteiger charge is 2.10. The van der Waals surface area contributed by atoms with Crippen molar-refractivity contribution in [1.29, 1.82) is 0 Å². The van der Waals surface area contributed by atoms with Crippen LogP contribution in [-0.4, -0.2) is 46.1 Å². The fourth-order valence-electron chi connectivity index (χ4n) is 1.89. The second-order valence-electron chi connectivity index (χ2n) is 4.55. The van der Waals surface area contributed by atoms with E-state index in [-0.39, 0.29) is 0 Å². The lowest BCUT2D eigenvalue weighted by Gasteiger charge is -2.21. The largest absolute Gasteiger partial charge is 0.370 e. The summed E-state index contributed by atoms with van der Waals surface area (Å²) < 4.78 is 10.7. The molecule has 0 radical (unpaired) electrons. The van der Waals surface area contributed by atoms with Crippen LogP contribution in [0.5, 0.6) is 0 Å². The van der Waals surface area contributed by atoms with Gasteiger partial charge >= 0.3 is 0 Å². The predicted molar refractivity (Wildman–Crippen MR) is 78.3 cm³/mol. The van der Waals surface area contributed by atoms with E-state index in [0.29, 0.717) is 13.2 Å². The van der Waals surface area contributed by atoms with Crippen molar-refractivity contribution in [1.82, 2.24) is 0 Å². The smallest absolute Gasteiger partial charge is 0.139 e. The molecule has 2 rings (SSSR count). The average Bonchev–Trinajstić information content (AvgIpc) is 2.52. The molecule has 0 atom stereocenters. The highest BCUT2D eigenvalue weighted by molar-refractivity contribution is 5.33. The Morgan fingerprint density at radius 2 is 1.75 bits per heavy atom. The third-order valence-corrected chi connectivity index (χ3v) is 3.02. The van der Waals surface area contributed by atoms with Gasteiger partial charge in [-0.3, -0.25) is 0 Å². The molecule has 0 aliphatic carbocycles. The van der Waals surface area contributed by atoms with E-state index in [0.717, 1.165) is 38.4 Å². The molecular weight excluding hydrogens is 250 g/mol. The van der Waals surface area contributed by atoms with Crippen molar-refractivity contribution in [3.05, 3.63) is 35.9 Å². The van der Waals surface area contributed by atoms with Gasteiger partial charge < -0.3 is 14.4 Å². The fraction of sp³-hybridized carbons (Fsp3) is 0.412. The summed E-state index contributed by atoms with van der Waals surface area (Å²) in [6.45, 7) is 5.56. The molecule has 0 spiro atoms. The zero-order valence-corrected chi connectivity index (χ0v) is 11.7. The van der Waals surface area contributed by atoms with Crippen molar-refractivity contribution in [3.63, 3.8) is 0 Å². The van der Waals surface area contributed by atoms with Crippen molar-refractivity contribution >= 4 is 0 Å². The first-order chi connectivity index (χ1) is 9.95. The van der Waals surface area contributed by atoms with E-state index in [9.17, 15) is 0 Å². The van der Waals surface area contributed by atoms with Crippen molar-refractivity contribution < 1.29 is 14.4 Å². The quantitative estimate of drug-likeness (QED) is 0.616. The molecule has 1 aromatic carbocycles. The van der Waals surface area contributed by atoms with Gasteiger partial charge in [0.25, 0.3) is 0 Å². The summed E-state index contributed by atoms with van der Waals surface area (Å²) in [6, 6.07) is 9.90. The standard InChI is InChI=1S/C17H19NO2/c1-2-7-17(8-3-1)9-6-14-19-13-5-4-10-18-11-15-20-16-12-18/h1-3,7-8H,10-16H2/p+1. The van der Waals surface area contributed by atoms with Gasteiger partial charge in [0.1, 0.15) is 32.8 Å². The van der Waals surface area contributed by atoms with E-state index < -0.39 is 0 Å². The van der Waals surface area contributed by atoms with Gasteiger partial charge in [0, 0.05) is 5.56 Å². The van der Waals surface area contributed by atoms with Gasteiger partial charge in [-0.05, 0) is 18.1 Å². The molecule has 1 fully saturated rings. The second kappa shape index (κ2) is 9.18. The van der Waals surface area contributed by atoms with Crippen LogP contribution in [-0.2, 0) is 9.47 Å². The Bertz CT molecular complexity index is 499. The summed E-state index contributed by atoms with van der Waals surface area (Å²) in [5.74, 6) is 12.2. The van der Waals surface area contributed by atoms with Crippen LogP contribution in [0, 0.1) is 23.7 Å².